The van der Waals surface area contributed by atoms with E-state index < -0.39 is 17.7 Å². The van der Waals surface area contributed by atoms with Gasteiger partial charge in [0.05, 0.1) is 21.7 Å². The van der Waals surface area contributed by atoms with Crippen molar-refractivity contribution in [3.8, 4) is 0 Å². The Balaban J connectivity index is 1.99. The highest BCUT2D eigenvalue weighted by Crippen LogP contribution is 2.43. The maximum Gasteiger partial charge on any atom is 0.300 e. The van der Waals surface area contributed by atoms with E-state index in [0.717, 1.165) is 16.7 Å². The molecule has 3 aromatic carbocycles. The highest BCUT2D eigenvalue weighted by atomic mass is 35.5. The van der Waals surface area contributed by atoms with E-state index in [4.69, 9.17) is 23.2 Å². The van der Waals surface area contributed by atoms with Crippen molar-refractivity contribution in [2.45, 2.75) is 19.9 Å². The second kappa shape index (κ2) is 8.22. The molecular weight excluding hydrogens is 433 g/mol. The lowest BCUT2D eigenvalue weighted by Gasteiger charge is -2.27. The molecule has 1 amide bonds. The van der Waals surface area contributed by atoms with E-state index in [9.17, 15) is 14.7 Å². The van der Waals surface area contributed by atoms with Gasteiger partial charge in [0, 0.05) is 11.3 Å². The minimum atomic E-state index is -0.782. The summed E-state index contributed by atoms with van der Waals surface area (Å²) >= 11 is 12.1. The molecule has 1 fully saturated rings. The van der Waals surface area contributed by atoms with E-state index in [-0.39, 0.29) is 16.4 Å². The molecule has 156 valence electrons. The maximum atomic E-state index is 13.2. The first-order valence-electron chi connectivity index (χ1n) is 9.68. The number of nitrogens with zero attached hydrogens (tertiary/aromatic N) is 1. The second-order valence-corrected chi connectivity index (χ2v) is 8.31. The third kappa shape index (κ3) is 3.73. The van der Waals surface area contributed by atoms with Crippen LogP contribution in [-0.4, -0.2) is 16.8 Å². The molecule has 1 aliphatic rings. The summed E-state index contributed by atoms with van der Waals surface area (Å²) in [5.74, 6) is -1.74. The number of anilines is 1. The first-order valence-corrected chi connectivity index (χ1v) is 10.4. The van der Waals surface area contributed by atoms with E-state index in [0.29, 0.717) is 16.3 Å². The van der Waals surface area contributed by atoms with Crippen LogP contribution >= 0.6 is 23.2 Å². The van der Waals surface area contributed by atoms with Crippen LogP contribution in [0.4, 0.5) is 5.69 Å². The largest absolute Gasteiger partial charge is 0.507 e. The number of aryl methyl sites for hydroxylation is 2. The van der Waals surface area contributed by atoms with Gasteiger partial charge in [-0.15, -0.1) is 0 Å². The summed E-state index contributed by atoms with van der Waals surface area (Å²) < 4.78 is 0. The number of carbonyl (C=O) groups excluding carboxylic acids is 2. The zero-order valence-electron chi connectivity index (χ0n) is 16.9. The Morgan fingerprint density at radius 2 is 1.65 bits per heavy atom. The molecule has 0 aliphatic carbocycles. The van der Waals surface area contributed by atoms with Gasteiger partial charge in [-0.1, -0.05) is 71.2 Å². The van der Waals surface area contributed by atoms with Gasteiger partial charge in [-0.25, -0.2) is 0 Å². The van der Waals surface area contributed by atoms with Crippen LogP contribution in [0.15, 0.2) is 72.3 Å². The number of carbonyl (C=O) groups is 2. The minimum absolute atomic E-state index is 0.0113. The van der Waals surface area contributed by atoms with Crippen LogP contribution in [0.3, 0.4) is 0 Å². The molecule has 4 nitrogen and oxygen atoms in total. The van der Waals surface area contributed by atoms with Gasteiger partial charge >= 0.3 is 0 Å². The number of benzene rings is 3. The van der Waals surface area contributed by atoms with Crippen LogP contribution in [0.2, 0.25) is 10.0 Å². The van der Waals surface area contributed by atoms with Crippen molar-refractivity contribution in [1.82, 2.24) is 0 Å². The fourth-order valence-corrected chi connectivity index (χ4v) is 4.17. The topological polar surface area (TPSA) is 57.6 Å². The lowest BCUT2D eigenvalue weighted by molar-refractivity contribution is -0.132. The fourth-order valence-electron chi connectivity index (χ4n) is 3.87. The van der Waals surface area contributed by atoms with Gasteiger partial charge < -0.3 is 5.11 Å². The van der Waals surface area contributed by atoms with Gasteiger partial charge in [0.15, 0.2) is 0 Å². The zero-order valence-corrected chi connectivity index (χ0v) is 18.4. The third-order valence-electron chi connectivity index (χ3n) is 5.37. The fraction of sp³-hybridized carbons (Fsp3) is 0.120. The number of Topliss-reactive ketones (excluding diaryl/α,β-unsaturated/α-hetero) is 1. The quantitative estimate of drug-likeness (QED) is 0.291. The molecule has 0 aromatic heterocycles. The van der Waals surface area contributed by atoms with Crippen LogP contribution in [0.5, 0.6) is 0 Å². The zero-order chi connectivity index (χ0) is 22.3. The van der Waals surface area contributed by atoms with Gasteiger partial charge in [0.25, 0.3) is 11.7 Å². The molecule has 6 heteroatoms. The second-order valence-electron chi connectivity index (χ2n) is 7.50. The molecule has 0 radical (unpaired) electrons. The van der Waals surface area contributed by atoms with Crippen molar-refractivity contribution in [2.75, 3.05) is 4.90 Å². The lowest BCUT2D eigenvalue weighted by Crippen LogP contribution is -2.30. The van der Waals surface area contributed by atoms with Crippen LogP contribution < -0.4 is 4.90 Å². The summed E-state index contributed by atoms with van der Waals surface area (Å²) in [4.78, 5) is 27.8. The number of halogens is 2. The summed E-state index contributed by atoms with van der Waals surface area (Å²) in [5, 5.41) is 11.7. The molecule has 1 aliphatic heterocycles. The van der Waals surface area contributed by atoms with Crippen LogP contribution in [0, 0.1) is 13.8 Å². The summed E-state index contributed by atoms with van der Waals surface area (Å²) in [6.07, 6.45) is 0. The Labute approximate surface area is 190 Å². The van der Waals surface area contributed by atoms with Gasteiger partial charge in [-0.3, -0.25) is 14.5 Å². The molecule has 31 heavy (non-hydrogen) atoms. The number of aliphatic hydroxyl groups excluding tert-OH is 1. The van der Waals surface area contributed by atoms with Gasteiger partial charge in [0.2, 0.25) is 0 Å². The SMILES string of the molecule is Cc1cccc(C2/C(=C(/O)c3ccc(Cl)c(Cl)c3)C(=O)C(=O)N2c2ccccc2C)c1. The monoisotopic (exact) mass is 451 g/mol. The Morgan fingerprint density at radius 1 is 0.903 bits per heavy atom. The number of amides is 1. The first-order chi connectivity index (χ1) is 14.8. The molecular formula is C25H19Cl2NO3. The van der Waals surface area contributed by atoms with Crippen molar-refractivity contribution >= 4 is 46.3 Å². The predicted octanol–water partition coefficient (Wildman–Crippen LogP) is 6.24. The number of aliphatic hydroxyl groups is 1. The van der Waals surface area contributed by atoms with Crippen LogP contribution in [0.1, 0.15) is 28.3 Å². The number of hydrogen-bond donors (Lipinski definition) is 1. The number of hydrogen-bond acceptors (Lipinski definition) is 3. The third-order valence-corrected chi connectivity index (χ3v) is 6.11. The molecule has 3 aromatic rings. The molecule has 0 bridgehead atoms. The molecule has 1 unspecified atom stereocenters. The van der Waals surface area contributed by atoms with Gasteiger partial charge in [-0.2, -0.15) is 0 Å². The predicted molar refractivity (Wildman–Crippen MR) is 124 cm³/mol. The summed E-state index contributed by atoms with van der Waals surface area (Å²) in [6.45, 7) is 3.81. The standard InChI is InChI=1S/C25H19Cl2NO3/c1-14-6-5-8-16(12-14)22-21(23(29)17-10-11-18(26)19(27)13-17)24(30)25(31)28(22)20-9-4-3-7-15(20)2/h3-13,22,29H,1-2H3/b23-21-. The average molecular weight is 452 g/mol. The van der Waals surface area contributed by atoms with E-state index >= 15 is 0 Å². The van der Waals surface area contributed by atoms with Crippen molar-refractivity contribution in [1.29, 1.82) is 0 Å². The van der Waals surface area contributed by atoms with Crippen LogP contribution in [0.25, 0.3) is 5.76 Å². The van der Waals surface area contributed by atoms with E-state index in [1.165, 1.54) is 17.0 Å². The highest BCUT2D eigenvalue weighted by molar-refractivity contribution is 6.52. The Kier molecular flexibility index (Phi) is 5.61. The molecule has 1 saturated heterocycles. The smallest absolute Gasteiger partial charge is 0.300 e. The summed E-state index contributed by atoms with van der Waals surface area (Å²) in [7, 11) is 0. The lowest BCUT2D eigenvalue weighted by atomic mass is 9.94. The first kappa shape index (κ1) is 21.2. The Bertz CT molecular complexity index is 1250. The number of ketones is 1. The maximum absolute atomic E-state index is 13.2. The Hall–Kier alpha value is -3.08. The molecule has 0 saturated carbocycles. The molecule has 0 spiro atoms. The van der Waals surface area contributed by atoms with Crippen molar-refractivity contribution in [2.24, 2.45) is 0 Å². The van der Waals surface area contributed by atoms with Gasteiger partial charge in [-0.05, 0) is 49.2 Å². The van der Waals surface area contributed by atoms with Crippen molar-refractivity contribution in [3.63, 3.8) is 0 Å². The normalized spacial score (nSPS) is 17.9. The molecule has 1 N–H and O–H groups in total. The Morgan fingerprint density at radius 3 is 2.32 bits per heavy atom. The molecule has 1 heterocycles. The van der Waals surface area contributed by atoms with Crippen molar-refractivity contribution in [3.05, 3.63) is 105 Å². The van der Waals surface area contributed by atoms with Crippen LogP contribution in [-0.2, 0) is 9.59 Å². The summed E-state index contributed by atoms with van der Waals surface area (Å²) in [6, 6.07) is 18.7. The number of rotatable bonds is 3. The van der Waals surface area contributed by atoms with E-state index in [2.05, 4.69) is 0 Å². The number of para-hydroxylation sites is 1. The van der Waals surface area contributed by atoms with E-state index in [1.807, 2.05) is 56.3 Å². The summed E-state index contributed by atoms with van der Waals surface area (Å²) in [5.41, 5.74) is 3.49. The molecule has 4 rings (SSSR count). The highest BCUT2D eigenvalue weighted by Gasteiger charge is 2.47. The van der Waals surface area contributed by atoms with Gasteiger partial charge in [0.1, 0.15) is 5.76 Å². The average Bonchev–Trinajstić information content (AvgIpc) is 3.01. The molecule has 1 atom stereocenters. The minimum Gasteiger partial charge on any atom is -0.507 e. The van der Waals surface area contributed by atoms with E-state index in [1.54, 1.807) is 12.1 Å². The van der Waals surface area contributed by atoms with Crippen molar-refractivity contribution < 1.29 is 14.7 Å².